The number of piperidine rings is 2. The average Bonchev–Trinajstić information content (AvgIpc) is 3.34. The van der Waals surface area contributed by atoms with E-state index in [1.807, 2.05) is 31.2 Å². The maximum atomic E-state index is 12.9. The standard InChI is InChI=1S/C24H30N4O4/c1-17-4-2-6-21(14-17)26-24(31)28-10-3-5-18(15-28)22(29)25-20-7-11-27(12-8-20)23(30)19-9-13-32-16-19/h2,4,6,9,13-14,16,18,20H,3,5,7-8,10-12,15H2,1H3,(H,25,29)(H,26,31). The minimum atomic E-state index is -0.211. The molecule has 170 valence electrons. The molecule has 4 amide bonds. The number of anilines is 1. The second-order valence-electron chi connectivity index (χ2n) is 8.67. The van der Waals surface area contributed by atoms with Crippen LogP contribution in [0.2, 0.25) is 0 Å². The van der Waals surface area contributed by atoms with Crippen LogP contribution in [0, 0.1) is 12.8 Å². The molecule has 0 aliphatic carbocycles. The number of amides is 4. The van der Waals surface area contributed by atoms with Gasteiger partial charge in [0.15, 0.2) is 0 Å². The first-order valence-electron chi connectivity index (χ1n) is 11.2. The Labute approximate surface area is 187 Å². The van der Waals surface area contributed by atoms with Crippen molar-refractivity contribution in [1.82, 2.24) is 15.1 Å². The lowest BCUT2D eigenvalue weighted by Crippen LogP contribution is -2.51. The van der Waals surface area contributed by atoms with Crippen LogP contribution in [0.25, 0.3) is 0 Å². The van der Waals surface area contributed by atoms with Crippen LogP contribution in [-0.2, 0) is 4.79 Å². The number of hydrogen-bond donors (Lipinski definition) is 2. The van der Waals surface area contributed by atoms with E-state index in [-0.39, 0.29) is 29.8 Å². The van der Waals surface area contributed by atoms with Crippen LogP contribution in [0.4, 0.5) is 10.5 Å². The van der Waals surface area contributed by atoms with E-state index >= 15 is 0 Å². The van der Waals surface area contributed by atoms with E-state index in [0.717, 1.165) is 36.9 Å². The van der Waals surface area contributed by atoms with Crippen LogP contribution in [0.5, 0.6) is 0 Å². The van der Waals surface area contributed by atoms with E-state index in [0.29, 0.717) is 31.7 Å². The van der Waals surface area contributed by atoms with Crippen molar-refractivity contribution in [2.24, 2.45) is 5.92 Å². The van der Waals surface area contributed by atoms with Crippen molar-refractivity contribution in [1.29, 1.82) is 0 Å². The van der Waals surface area contributed by atoms with Crippen molar-refractivity contribution in [2.45, 2.75) is 38.6 Å². The molecule has 1 atom stereocenters. The normalized spacial score (nSPS) is 19.5. The van der Waals surface area contributed by atoms with Gasteiger partial charge in [0.25, 0.3) is 5.91 Å². The fourth-order valence-corrected chi connectivity index (χ4v) is 4.42. The zero-order valence-electron chi connectivity index (χ0n) is 18.4. The van der Waals surface area contributed by atoms with Crippen LogP contribution >= 0.6 is 0 Å². The molecular weight excluding hydrogens is 408 g/mol. The van der Waals surface area contributed by atoms with Crippen molar-refractivity contribution >= 4 is 23.5 Å². The van der Waals surface area contributed by atoms with Gasteiger partial charge in [-0.05, 0) is 56.4 Å². The van der Waals surface area contributed by atoms with Crippen LogP contribution in [0.15, 0.2) is 47.3 Å². The largest absolute Gasteiger partial charge is 0.472 e. The molecule has 2 aromatic rings. The second-order valence-corrected chi connectivity index (χ2v) is 8.67. The van der Waals surface area contributed by atoms with Gasteiger partial charge in [-0.1, -0.05) is 12.1 Å². The van der Waals surface area contributed by atoms with E-state index in [4.69, 9.17) is 4.42 Å². The summed E-state index contributed by atoms with van der Waals surface area (Å²) in [6.07, 6.45) is 5.98. The quantitative estimate of drug-likeness (QED) is 0.766. The lowest BCUT2D eigenvalue weighted by molar-refractivity contribution is -0.127. The molecule has 2 fully saturated rings. The number of furan rings is 1. The van der Waals surface area contributed by atoms with Gasteiger partial charge in [-0.25, -0.2) is 4.79 Å². The molecule has 2 N–H and O–H groups in total. The zero-order valence-corrected chi connectivity index (χ0v) is 18.4. The third kappa shape index (κ3) is 5.30. The number of carbonyl (C=O) groups excluding carboxylic acids is 3. The molecule has 2 saturated heterocycles. The summed E-state index contributed by atoms with van der Waals surface area (Å²) in [6.45, 7) is 4.25. The number of likely N-dealkylation sites (tertiary alicyclic amines) is 2. The van der Waals surface area contributed by atoms with Gasteiger partial charge in [0, 0.05) is 37.9 Å². The number of nitrogens with one attached hydrogen (secondary N) is 2. The lowest BCUT2D eigenvalue weighted by Gasteiger charge is -2.35. The van der Waals surface area contributed by atoms with Gasteiger partial charge in [-0.15, -0.1) is 0 Å². The SMILES string of the molecule is Cc1cccc(NC(=O)N2CCCC(C(=O)NC3CCN(C(=O)c4ccoc4)CC3)C2)c1. The maximum absolute atomic E-state index is 12.9. The van der Waals surface area contributed by atoms with Gasteiger partial charge >= 0.3 is 6.03 Å². The fraction of sp³-hybridized carbons (Fsp3) is 0.458. The first-order valence-corrected chi connectivity index (χ1v) is 11.2. The highest BCUT2D eigenvalue weighted by Gasteiger charge is 2.31. The van der Waals surface area contributed by atoms with Crippen molar-refractivity contribution in [3.05, 3.63) is 54.0 Å². The summed E-state index contributed by atoms with van der Waals surface area (Å²) in [5.41, 5.74) is 2.40. The van der Waals surface area contributed by atoms with Crippen LogP contribution in [0.1, 0.15) is 41.6 Å². The molecule has 8 nitrogen and oxygen atoms in total. The Morgan fingerprint density at radius 1 is 1.03 bits per heavy atom. The number of carbonyl (C=O) groups is 3. The molecule has 0 spiro atoms. The summed E-state index contributed by atoms with van der Waals surface area (Å²) in [7, 11) is 0. The van der Waals surface area contributed by atoms with E-state index in [2.05, 4.69) is 10.6 Å². The Bertz CT molecular complexity index is 951. The van der Waals surface area contributed by atoms with Crippen LogP contribution in [0.3, 0.4) is 0 Å². The molecule has 8 heteroatoms. The highest BCUT2D eigenvalue weighted by molar-refractivity contribution is 5.94. The Morgan fingerprint density at radius 3 is 2.56 bits per heavy atom. The summed E-state index contributed by atoms with van der Waals surface area (Å²) in [6, 6.07) is 9.23. The minimum absolute atomic E-state index is 0.00216. The average molecular weight is 439 g/mol. The van der Waals surface area contributed by atoms with E-state index in [1.54, 1.807) is 15.9 Å². The Morgan fingerprint density at radius 2 is 1.84 bits per heavy atom. The number of nitrogens with zero attached hydrogens (tertiary/aromatic N) is 2. The van der Waals surface area contributed by atoms with Crippen molar-refractivity contribution in [3.63, 3.8) is 0 Å². The highest BCUT2D eigenvalue weighted by Crippen LogP contribution is 2.20. The van der Waals surface area contributed by atoms with Gasteiger partial charge in [-0.2, -0.15) is 0 Å². The molecule has 1 aromatic heterocycles. The van der Waals surface area contributed by atoms with Gasteiger partial charge in [-0.3, -0.25) is 9.59 Å². The molecule has 32 heavy (non-hydrogen) atoms. The van der Waals surface area contributed by atoms with Crippen molar-refractivity contribution in [3.8, 4) is 0 Å². The van der Waals surface area contributed by atoms with Crippen LogP contribution in [-0.4, -0.2) is 59.9 Å². The van der Waals surface area contributed by atoms with E-state index in [1.165, 1.54) is 12.5 Å². The number of rotatable bonds is 4. The molecule has 2 aliphatic rings. The molecule has 0 bridgehead atoms. The van der Waals surface area contributed by atoms with E-state index in [9.17, 15) is 14.4 Å². The predicted octanol–water partition coefficient (Wildman–Crippen LogP) is 3.25. The van der Waals surface area contributed by atoms with E-state index < -0.39 is 0 Å². The molecule has 1 unspecified atom stereocenters. The third-order valence-corrected chi connectivity index (χ3v) is 6.25. The molecule has 1 aromatic carbocycles. The molecule has 0 radical (unpaired) electrons. The van der Waals surface area contributed by atoms with Gasteiger partial charge in [0.05, 0.1) is 17.7 Å². The van der Waals surface area contributed by atoms with Gasteiger partial charge in [0.2, 0.25) is 5.91 Å². The summed E-state index contributed by atoms with van der Waals surface area (Å²) >= 11 is 0. The number of hydrogen-bond acceptors (Lipinski definition) is 4. The first kappa shape index (κ1) is 21.9. The maximum Gasteiger partial charge on any atom is 0.321 e. The zero-order chi connectivity index (χ0) is 22.5. The molecular formula is C24H30N4O4. The van der Waals surface area contributed by atoms with Crippen molar-refractivity contribution < 1.29 is 18.8 Å². The minimum Gasteiger partial charge on any atom is -0.472 e. The summed E-state index contributed by atoms with van der Waals surface area (Å²) in [5, 5.41) is 6.08. The third-order valence-electron chi connectivity index (χ3n) is 6.25. The predicted molar refractivity (Wildman–Crippen MR) is 120 cm³/mol. The Balaban J connectivity index is 1.25. The fourth-order valence-electron chi connectivity index (χ4n) is 4.42. The monoisotopic (exact) mass is 438 g/mol. The Hall–Kier alpha value is -3.29. The Kier molecular flexibility index (Phi) is 6.78. The van der Waals surface area contributed by atoms with Gasteiger partial charge < -0.3 is 24.9 Å². The smallest absolute Gasteiger partial charge is 0.321 e. The molecule has 3 heterocycles. The highest BCUT2D eigenvalue weighted by atomic mass is 16.3. The summed E-state index contributed by atoms with van der Waals surface area (Å²) in [4.78, 5) is 41.5. The summed E-state index contributed by atoms with van der Waals surface area (Å²) in [5.74, 6) is -0.249. The molecule has 2 aliphatic heterocycles. The first-order chi connectivity index (χ1) is 15.5. The summed E-state index contributed by atoms with van der Waals surface area (Å²) < 4.78 is 4.99. The molecule has 0 saturated carbocycles. The molecule has 4 rings (SSSR count). The topological polar surface area (TPSA) is 94.9 Å². The lowest BCUT2D eigenvalue weighted by atomic mass is 9.96. The number of aryl methyl sites for hydroxylation is 1. The van der Waals surface area contributed by atoms with Crippen LogP contribution < -0.4 is 10.6 Å². The second kappa shape index (κ2) is 9.89. The number of urea groups is 1. The van der Waals surface area contributed by atoms with Crippen molar-refractivity contribution in [2.75, 3.05) is 31.5 Å². The van der Waals surface area contributed by atoms with Gasteiger partial charge in [0.1, 0.15) is 6.26 Å². The number of benzene rings is 1.